The van der Waals surface area contributed by atoms with E-state index in [1.54, 1.807) is 12.2 Å². The summed E-state index contributed by atoms with van der Waals surface area (Å²) in [6.07, 6.45) is 11.3. The number of hydrogen-bond donors (Lipinski definition) is 0. The van der Waals surface area contributed by atoms with Gasteiger partial charge in [-0.2, -0.15) is 0 Å². The number of carbonyl (C=O) groups excluding carboxylic acids is 1. The van der Waals surface area contributed by atoms with Crippen molar-refractivity contribution in [3.63, 3.8) is 0 Å². The van der Waals surface area contributed by atoms with Crippen LogP contribution < -0.4 is 0 Å². The molecule has 0 radical (unpaired) electrons. The molecule has 32 heavy (non-hydrogen) atoms. The summed E-state index contributed by atoms with van der Waals surface area (Å²) in [7, 11) is 2.19. The zero-order valence-corrected chi connectivity index (χ0v) is 21.6. The van der Waals surface area contributed by atoms with Crippen LogP contribution in [0.1, 0.15) is 76.6 Å². The largest absolute Gasteiger partial charge is 0.318 e. The third kappa shape index (κ3) is 8.11. The van der Waals surface area contributed by atoms with Gasteiger partial charge in [-0.15, -0.1) is 0 Å². The lowest BCUT2D eigenvalue weighted by Gasteiger charge is -2.20. The first kappa shape index (κ1) is 27.9. The predicted octanol–water partition coefficient (Wildman–Crippen LogP) is 7.71. The molecule has 0 atom stereocenters. The highest BCUT2D eigenvalue weighted by atomic mass is 35.5. The molecule has 1 saturated heterocycles. The molecule has 0 unspecified atom stereocenters. The molecule has 0 amide bonds. The highest BCUT2D eigenvalue weighted by Gasteiger charge is 2.17. The van der Waals surface area contributed by atoms with Crippen LogP contribution in [0.4, 0.5) is 0 Å². The number of allylic oxidation sites excluding steroid dienone is 2. The van der Waals surface area contributed by atoms with Crippen molar-refractivity contribution < 1.29 is 4.79 Å². The summed E-state index contributed by atoms with van der Waals surface area (Å²) in [6.45, 7) is 16.7. The van der Waals surface area contributed by atoms with Crippen molar-refractivity contribution in [1.29, 1.82) is 0 Å². The fourth-order valence-electron chi connectivity index (χ4n) is 3.70. The Balaban J connectivity index is 0.000000477. The van der Waals surface area contributed by atoms with Crippen LogP contribution in [0.2, 0.25) is 5.02 Å². The first-order valence-corrected chi connectivity index (χ1v) is 12.3. The molecule has 1 aliphatic heterocycles. The molecular weight excluding hydrogens is 416 g/mol. The van der Waals surface area contributed by atoms with E-state index in [0.29, 0.717) is 10.6 Å². The van der Waals surface area contributed by atoms with Crippen LogP contribution in [0.3, 0.4) is 0 Å². The van der Waals surface area contributed by atoms with Crippen LogP contribution in [0.15, 0.2) is 48.7 Å². The van der Waals surface area contributed by atoms with Gasteiger partial charge < -0.3 is 9.47 Å². The second-order valence-corrected chi connectivity index (χ2v) is 8.56. The minimum Gasteiger partial charge on any atom is -0.318 e. The first-order chi connectivity index (χ1) is 15.4. The van der Waals surface area contributed by atoms with Gasteiger partial charge in [0, 0.05) is 28.7 Å². The van der Waals surface area contributed by atoms with Crippen molar-refractivity contribution in [2.24, 2.45) is 0 Å². The van der Waals surface area contributed by atoms with Crippen molar-refractivity contribution in [2.45, 2.75) is 66.2 Å². The van der Waals surface area contributed by atoms with Gasteiger partial charge in [0.15, 0.2) is 0 Å². The van der Waals surface area contributed by atoms with Crippen LogP contribution in [0, 0.1) is 0 Å². The molecule has 1 fully saturated rings. The predicted molar refractivity (Wildman–Crippen MR) is 141 cm³/mol. The van der Waals surface area contributed by atoms with E-state index < -0.39 is 0 Å². The summed E-state index contributed by atoms with van der Waals surface area (Å²) < 4.78 is 2.10. The normalized spacial score (nSPS) is 14.2. The van der Waals surface area contributed by atoms with Gasteiger partial charge in [-0.05, 0) is 69.1 Å². The summed E-state index contributed by atoms with van der Waals surface area (Å²) in [4.78, 5) is 13.5. The van der Waals surface area contributed by atoms with Crippen molar-refractivity contribution >= 4 is 24.0 Å². The molecule has 0 bridgehead atoms. The third-order valence-corrected chi connectivity index (χ3v) is 5.77. The molecule has 2 aromatic rings. The molecule has 1 aliphatic rings. The number of halogens is 1. The van der Waals surface area contributed by atoms with Crippen molar-refractivity contribution in [3.8, 4) is 5.69 Å². The summed E-state index contributed by atoms with van der Waals surface area (Å²) in [6, 6.07) is 8.46. The molecule has 0 spiro atoms. The second kappa shape index (κ2) is 14.9. The van der Waals surface area contributed by atoms with E-state index in [-0.39, 0.29) is 5.92 Å². The monoisotopic (exact) mass is 456 g/mol. The summed E-state index contributed by atoms with van der Waals surface area (Å²) in [5, 5.41) is 0.634. The maximum Gasteiger partial charge on any atom is 0.150 e. The number of piperidine rings is 1. The number of aldehydes is 1. The van der Waals surface area contributed by atoms with E-state index in [9.17, 15) is 4.79 Å². The summed E-state index contributed by atoms with van der Waals surface area (Å²) in [5.41, 5.74) is 4.85. The lowest BCUT2D eigenvalue weighted by atomic mass is 10.0. The number of hydrogen-bond acceptors (Lipinski definition) is 2. The van der Waals surface area contributed by atoms with Gasteiger partial charge in [-0.1, -0.05) is 77.4 Å². The maximum atomic E-state index is 11.1. The van der Waals surface area contributed by atoms with E-state index >= 15 is 0 Å². The molecular formula is C28H41ClN2O. The number of rotatable bonds is 6. The lowest BCUT2D eigenvalue weighted by Crippen LogP contribution is -2.24. The molecule has 1 aromatic carbocycles. The van der Waals surface area contributed by atoms with Crippen LogP contribution in [-0.2, 0) is 11.2 Å². The third-order valence-electron chi connectivity index (χ3n) is 5.47. The van der Waals surface area contributed by atoms with Crippen molar-refractivity contribution in [1.82, 2.24) is 9.47 Å². The Hall–Kier alpha value is -2.10. The van der Waals surface area contributed by atoms with Crippen LogP contribution in [-0.4, -0.2) is 35.9 Å². The maximum absolute atomic E-state index is 11.1. The summed E-state index contributed by atoms with van der Waals surface area (Å²) in [5.74, 6) is 0.261. The van der Waals surface area contributed by atoms with E-state index in [4.69, 9.17) is 11.6 Å². The SMILES string of the molecule is C=C/C(C=O)=C\c1c(Cl)cn(-c2ccc(CC)cc2)c1C(C)C.CC.CN1CCCCC1. The first-order valence-electron chi connectivity index (χ1n) is 11.9. The van der Waals surface area contributed by atoms with Gasteiger partial charge in [0.2, 0.25) is 0 Å². The number of nitrogens with zero attached hydrogens (tertiary/aromatic N) is 2. The Kier molecular flexibility index (Phi) is 13.0. The number of carbonyl (C=O) groups is 1. The fourth-order valence-corrected chi connectivity index (χ4v) is 3.95. The number of benzene rings is 1. The molecule has 0 aliphatic carbocycles. The lowest BCUT2D eigenvalue weighted by molar-refractivity contribution is -0.104. The minimum atomic E-state index is 0.261. The van der Waals surface area contributed by atoms with Gasteiger partial charge in [-0.3, -0.25) is 4.79 Å². The highest BCUT2D eigenvalue weighted by molar-refractivity contribution is 6.32. The van der Waals surface area contributed by atoms with E-state index in [0.717, 1.165) is 29.7 Å². The quantitative estimate of drug-likeness (QED) is 0.252. The molecule has 3 nitrogen and oxygen atoms in total. The average molecular weight is 457 g/mol. The number of aromatic nitrogens is 1. The number of aryl methyl sites for hydroxylation is 1. The van der Waals surface area contributed by atoms with Crippen molar-refractivity contribution in [3.05, 3.63) is 70.5 Å². The zero-order valence-electron chi connectivity index (χ0n) is 20.8. The van der Waals surface area contributed by atoms with Crippen LogP contribution in [0.5, 0.6) is 0 Å². The van der Waals surface area contributed by atoms with E-state index in [1.165, 1.54) is 37.9 Å². The van der Waals surface area contributed by atoms with Crippen LogP contribution in [0.25, 0.3) is 11.8 Å². The Morgan fingerprint density at radius 3 is 2.12 bits per heavy atom. The smallest absolute Gasteiger partial charge is 0.150 e. The standard InChI is InChI=1S/C20H22ClNO.C6H13N.C2H6/c1-5-15-7-9-17(10-8-15)22-12-19(21)18(20(22)14(3)4)11-16(6-2)13-23;1-7-5-3-2-4-6-7;1-2/h6-14H,2,5H2,1,3-4H3;2-6H2,1H3;1-2H3/b16-11+;;. The second-order valence-electron chi connectivity index (χ2n) is 8.15. The Bertz CT molecular complexity index is 846. The van der Waals surface area contributed by atoms with Crippen molar-refractivity contribution in [2.75, 3.05) is 20.1 Å². The van der Waals surface area contributed by atoms with Gasteiger partial charge in [-0.25, -0.2) is 0 Å². The molecule has 3 rings (SSSR count). The van der Waals surface area contributed by atoms with Gasteiger partial charge in [0.05, 0.1) is 5.02 Å². The molecule has 176 valence electrons. The van der Waals surface area contributed by atoms with E-state index in [2.05, 4.69) is 68.1 Å². The molecule has 4 heteroatoms. The molecule has 0 N–H and O–H groups in total. The minimum absolute atomic E-state index is 0.261. The van der Waals surface area contributed by atoms with Gasteiger partial charge in [0.1, 0.15) is 6.29 Å². The van der Waals surface area contributed by atoms with E-state index in [1.807, 2.05) is 20.0 Å². The average Bonchev–Trinajstić information content (AvgIpc) is 3.15. The van der Waals surface area contributed by atoms with Crippen LogP contribution >= 0.6 is 11.6 Å². The fraction of sp³-hybridized carbons (Fsp3) is 0.464. The summed E-state index contributed by atoms with van der Waals surface area (Å²) >= 11 is 6.45. The Morgan fingerprint density at radius 2 is 1.72 bits per heavy atom. The Labute approximate surface area is 200 Å². The van der Waals surface area contributed by atoms with Gasteiger partial charge in [0.25, 0.3) is 0 Å². The topological polar surface area (TPSA) is 25.2 Å². The van der Waals surface area contributed by atoms with Gasteiger partial charge >= 0.3 is 0 Å². The molecule has 2 heterocycles. The zero-order chi connectivity index (χ0) is 24.1. The Morgan fingerprint density at radius 1 is 1.12 bits per heavy atom. The highest BCUT2D eigenvalue weighted by Crippen LogP contribution is 2.33. The number of likely N-dealkylation sites (tertiary alicyclic amines) is 1. The molecule has 0 saturated carbocycles. The molecule has 1 aromatic heterocycles.